The summed E-state index contributed by atoms with van der Waals surface area (Å²) in [4.78, 5) is 2.44. The predicted molar refractivity (Wildman–Crippen MR) is 121 cm³/mol. The minimum Gasteiger partial charge on any atom is -0.469 e. The minimum atomic E-state index is -1.33. The van der Waals surface area contributed by atoms with Crippen molar-refractivity contribution >= 4 is 18.8 Å². The molecule has 28 heavy (non-hydrogen) atoms. The molecule has 0 aromatic heterocycles. The monoisotopic (exact) mass is 387 g/mol. The Hall–Kier alpha value is -2.36. The first-order valence-electron chi connectivity index (χ1n) is 10.0. The van der Waals surface area contributed by atoms with Crippen LogP contribution >= 0.6 is 0 Å². The molecule has 0 spiro atoms. The quantitative estimate of drug-likeness (QED) is 0.481. The second kappa shape index (κ2) is 7.23. The van der Waals surface area contributed by atoms with E-state index < -0.39 is 13.8 Å². The van der Waals surface area contributed by atoms with Crippen molar-refractivity contribution in [1.82, 2.24) is 4.90 Å². The van der Waals surface area contributed by atoms with Crippen LogP contribution in [0.1, 0.15) is 18.1 Å². The highest BCUT2D eigenvalue weighted by Crippen LogP contribution is 2.38. The molecule has 1 aliphatic heterocycles. The molecule has 0 radical (unpaired) electrons. The largest absolute Gasteiger partial charge is 0.469 e. The van der Waals surface area contributed by atoms with E-state index in [1.807, 2.05) is 0 Å². The molecule has 1 unspecified atom stereocenters. The fourth-order valence-corrected chi connectivity index (χ4v) is 4.50. The van der Waals surface area contributed by atoms with Crippen LogP contribution in [0.15, 0.2) is 78.5 Å². The van der Waals surface area contributed by atoms with Crippen molar-refractivity contribution in [3.05, 3.63) is 89.6 Å². The van der Waals surface area contributed by atoms with Crippen molar-refractivity contribution in [2.75, 3.05) is 0 Å². The average molecular weight is 388 g/mol. The standard InChI is InChI=1S/C25H29NOSi/c1-25(14-15-28(2,3)4)26(18-20-10-6-5-7-11-20)19-23-16-21-12-8-9-13-22(21)17-24(23)27-25/h5-17H,18-19H2,1-4H3/b15-14+. The van der Waals surface area contributed by atoms with Crippen LogP contribution < -0.4 is 4.74 Å². The molecule has 144 valence electrons. The Balaban J connectivity index is 1.75. The number of rotatable bonds is 4. The molecule has 3 heteroatoms. The van der Waals surface area contributed by atoms with Crippen molar-refractivity contribution in [2.45, 2.75) is 45.4 Å². The summed E-state index contributed by atoms with van der Waals surface area (Å²) in [6.45, 7) is 11.0. The molecule has 0 aliphatic carbocycles. The first-order valence-corrected chi connectivity index (χ1v) is 13.6. The highest BCUT2D eigenvalue weighted by atomic mass is 28.3. The highest BCUT2D eigenvalue weighted by molar-refractivity contribution is 6.80. The number of ether oxygens (including phenoxy) is 1. The number of fused-ring (bicyclic) bond motifs is 2. The normalized spacial score (nSPS) is 20.3. The van der Waals surface area contributed by atoms with Gasteiger partial charge in [0.1, 0.15) is 5.75 Å². The first kappa shape index (κ1) is 19.0. The molecule has 3 aromatic rings. The molecule has 0 amide bonds. The smallest absolute Gasteiger partial charge is 0.180 e. The van der Waals surface area contributed by atoms with Gasteiger partial charge in [-0.1, -0.05) is 79.9 Å². The Bertz CT molecular complexity index is 1010. The summed E-state index contributed by atoms with van der Waals surface area (Å²) in [5, 5.41) is 2.50. The topological polar surface area (TPSA) is 12.5 Å². The van der Waals surface area contributed by atoms with Gasteiger partial charge < -0.3 is 4.74 Å². The van der Waals surface area contributed by atoms with Crippen LogP contribution in [0, 0.1) is 0 Å². The first-order chi connectivity index (χ1) is 13.3. The van der Waals surface area contributed by atoms with Gasteiger partial charge in [-0.25, -0.2) is 0 Å². The van der Waals surface area contributed by atoms with E-state index in [1.165, 1.54) is 21.9 Å². The van der Waals surface area contributed by atoms with E-state index in [0.29, 0.717) is 0 Å². The van der Waals surface area contributed by atoms with Crippen molar-refractivity contribution in [1.29, 1.82) is 0 Å². The predicted octanol–water partition coefficient (Wildman–Crippen LogP) is 6.38. The Morgan fingerprint density at radius 1 is 0.964 bits per heavy atom. The zero-order chi connectivity index (χ0) is 19.8. The fraction of sp³-hybridized carbons (Fsp3) is 0.280. The van der Waals surface area contributed by atoms with Crippen LogP contribution in [-0.4, -0.2) is 18.7 Å². The van der Waals surface area contributed by atoms with E-state index in [1.54, 1.807) is 0 Å². The Morgan fingerprint density at radius 3 is 2.29 bits per heavy atom. The molecule has 1 atom stereocenters. The van der Waals surface area contributed by atoms with Crippen molar-refractivity contribution in [3.8, 4) is 5.75 Å². The van der Waals surface area contributed by atoms with Gasteiger partial charge in [0.15, 0.2) is 5.72 Å². The molecule has 3 aromatic carbocycles. The van der Waals surface area contributed by atoms with Gasteiger partial charge in [-0.3, -0.25) is 4.90 Å². The number of benzene rings is 3. The summed E-state index contributed by atoms with van der Waals surface area (Å²) < 4.78 is 6.67. The zero-order valence-electron chi connectivity index (χ0n) is 17.3. The summed E-state index contributed by atoms with van der Waals surface area (Å²) in [7, 11) is -1.33. The van der Waals surface area contributed by atoms with Gasteiger partial charge in [0.25, 0.3) is 0 Å². The molecule has 1 heterocycles. The average Bonchev–Trinajstić information content (AvgIpc) is 2.66. The Morgan fingerprint density at radius 2 is 1.61 bits per heavy atom. The third-order valence-electron chi connectivity index (χ3n) is 5.34. The van der Waals surface area contributed by atoms with Gasteiger partial charge in [-0.2, -0.15) is 0 Å². The Labute approximate surface area is 169 Å². The number of nitrogens with zero attached hydrogens (tertiary/aromatic N) is 1. The van der Waals surface area contributed by atoms with Crippen LogP contribution in [0.4, 0.5) is 0 Å². The van der Waals surface area contributed by atoms with E-state index >= 15 is 0 Å². The highest BCUT2D eigenvalue weighted by Gasteiger charge is 2.37. The molecule has 0 fully saturated rings. The van der Waals surface area contributed by atoms with Gasteiger partial charge in [0, 0.05) is 18.7 Å². The van der Waals surface area contributed by atoms with Crippen molar-refractivity contribution < 1.29 is 4.74 Å². The summed E-state index contributed by atoms with van der Waals surface area (Å²) in [5.74, 6) is 1.01. The maximum absolute atomic E-state index is 6.67. The summed E-state index contributed by atoms with van der Waals surface area (Å²) >= 11 is 0. The lowest BCUT2D eigenvalue weighted by molar-refractivity contribution is -0.0593. The summed E-state index contributed by atoms with van der Waals surface area (Å²) in [6, 6.07) is 23.7. The molecule has 0 bridgehead atoms. The zero-order valence-corrected chi connectivity index (χ0v) is 18.3. The lowest BCUT2D eigenvalue weighted by Gasteiger charge is -2.44. The second-order valence-electron chi connectivity index (χ2n) is 9.00. The number of hydrogen-bond donors (Lipinski definition) is 0. The summed E-state index contributed by atoms with van der Waals surface area (Å²) in [6.07, 6.45) is 2.29. The third-order valence-corrected chi connectivity index (χ3v) is 6.51. The van der Waals surface area contributed by atoms with E-state index in [2.05, 4.69) is 110 Å². The van der Waals surface area contributed by atoms with E-state index in [0.717, 1.165) is 18.8 Å². The van der Waals surface area contributed by atoms with Gasteiger partial charge in [-0.05, 0) is 41.5 Å². The van der Waals surface area contributed by atoms with Crippen LogP contribution in [0.2, 0.25) is 19.6 Å². The molecule has 0 saturated heterocycles. The summed E-state index contributed by atoms with van der Waals surface area (Å²) in [5.41, 5.74) is 4.51. The van der Waals surface area contributed by atoms with Crippen molar-refractivity contribution in [3.63, 3.8) is 0 Å². The molecule has 0 saturated carbocycles. The van der Waals surface area contributed by atoms with E-state index in [4.69, 9.17) is 4.74 Å². The van der Waals surface area contributed by atoms with E-state index in [-0.39, 0.29) is 0 Å². The maximum Gasteiger partial charge on any atom is 0.180 e. The lowest BCUT2D eigenvalue weighted by Crippen LogP contribution is -2.51. The molecule has 2 nitrogen and oxygen atoms in total. The molecule has 0 N–H and O–H groups in total. The van der Waals surface area contributed by atoms with Gasteiger partial charge in [-0.15, -0.1) is 0 Å². The lowest BCUT2D eigenvalue weighted by atomic mass is 10.0. The molecular formula is C25H29NOSi. The van der Waals surface area contributed by atoms with E-state index in [9.17, 15) is 0 Å². The van der Waals surface area contributed by atoms with Gasteiger partial charge >= 0.3 is 0 Å². The maximum atomic E-state index is 6.67. The third kappa shape index (κ3) is 4.06. The van der Waals surface area contributed by atoms with Gasteiger partial charge in [0.05, 0.1) is 8.07 Å². The van der Waals surface area contributed by atoms with Gasteiger partial charge in [0.2, 0.25) is 0 Å². The minimum absolute atomic E-state index is 0.453. The molecular weight excluding hydrogens is 358 g/mol. The van der Waals surface area contributed by atoms with Crippen LogP contribution in [0.5, 0.6) is 5.75 Å². The van der Waals surface area contributed by atoms with Crippen molar-refractivity contribution in [2.24, 2.45) is 0 Å². The number of hydrogen-bond acceptors (Lipinski definition) is 2. The SMILES string of the molecule is CC1(/C=C/[Si](C)(C)C)Oc2cc3ccccc3cc2CN1Cc1ccccc1. The molecule has 1 aliphatic rings. The van der Waals surface area contributed by atoms with Crippen LogP contribution in [-0.2, 0) is 13.1 Å². The van der Waals surface area contributed by atoms with Crippen LogP contribution in [0.25, 0.3) is 10.8 Å². The Kier molecular flexibility index (Phi) is 4.90. The second-order valence-corrected chi connectivity index (χ2v) is 14.1. The fourth-order valence-electron chi connectivity index (χ4n) is 3.70. The molecule has 4 rings (SSSR count). The van der Waals surface area contributed by atoms with Crippen LogP contribution in [0.3, 0.4) is 0 Å².